The van der Waals surface area contributed by atoms with Gasteiger partial charge in [-0.2, -0.15) is 13.5 Å². The van der Waals surface area contributed by atoms with Crippen molar-refractivity contribution >= 4 is 25.6 Å². The molecule has 7 heteroatoms. The van der Waals surface area contributed by atoms with Gasteiger partial charge in [-0.05, 0) is 0 Å². The third-order valence-corrected chi connectivity index (χ3v) is 0.247. The molecule has 0 spiro atoms. The Balaban J connectivity index is -0.000000245. The van der Waals surface area contributed by atoms with Crippen molar-refractivity contribution in [2.45, 2.75) is 7.43 Å². The maximum absolute atomic E-state index is 9.66. The number of amides is 4. The lowest BCUT2D eigenvalue weighted by Crippen LogP contribution is -2.07. The summed E-state index contributed by atoms with van der Waals surface area (Å²) in [7, 11) is 0. The van der Waals surface area contributed by atoms with Crippen LogP contribution in [0.15, 0.2) is 10.2 Å². The van der Waals surface area contributed by atoms with E-state index < -0.39 is 12.1 Å². The number of azo groups is 1. The number of primary amides is 2. The first kappa shape index (κ1) is 16.0. The zero-order chi connectivity index (χ0) is 6.57. The summed E-state index contributed by atoms with van der Waals surface area (Å²) < 4.78 is 0. The molecule has 0 saturated heterocycles. The van der Waals surface area contributed by atoms with Gasteiger partial charge in [0.2, 0.25) is 0 Å². The molecule has 60 valence electrons. The molecule has 0 radical (unpaired) electrons. The molecule has 4 amide bonds. The summed E-state index contributed by atoms with van der Waals surface area (Å²) in [6.07, 6.45) is 0. The van der Waals surface area contributed by atoms with Crippen molar-refractivity contribution in [1.82, 2.24) is 0 Å². The van der Waals surface area contributed by atoms with Crippen LogP contribution in [-0.2, 0) is 0 Å². The molecule has 0 saturated carbocycles. The van der Waals surface area contributed by atoms with Gasteiger partial charge in [-0.3, -0.25) is 0 Å². The lowest BCUT2D eigenvalue weighted by molar-refractivity contribution is 0.249. The second-order valence-electron chi connectivity index (χ2n) is 0.876. The molecule has 0 bridgehead atoms. The van der Waals surface area contributed by atoms with Gasteiger partial charge in [-0.15, -0.1) is 0 Å². The third-order valence-electron chi connectivity index (χ3n) is 0.247. The van der Waals surface area contributed by atoms with Gasteiger partial charge in [0.1, 0.15) is 0 Å². The van der Waals surface area contributed by atoms with Crippen molar-refractivity contribution in [3.63, 3.8) is 0 Å². The molecule has 0 aromatic carbocycles. The molecular formula is C3H10N4O2S. The lowest BCUT2D eigenvalue weighted by Gasteiger charge is -1.74. The monoisotopic (exact) mass is 166 g/mol. The second kappa shape index (κ2) is 7.89. The highest BCUT2D eigenvalue weighted by atomic mass is 32.1. The molecular weight excluding hydrogens is 156 g/mol. The Labute approximate surface area is 65.1 Å². The summed E-state index contributed by atoms with van der Waals surface area (Å²) in [4.78, 5) is 19.3. The number of nitrogens with two attached hydrogens (primary N) is 2. The zero-order valence-electron chi connectivity index (χ0n) is 4.37. The fraction of sp³-hybridized carbons (Fsp3) is 0.333. The van der Waals surface area contributed by atoms with E-state index in [4.69, 9.17) is 0 Å². The van der Waals surface area contributed by atoms with Gasteiger partial charge in [0.15, 0.2) is 0 Å². The first-order valence-corrected chi connectivity index (χ1v) is 1.63. The Kier molecular flexibility index (Phi) is 12.6. The third kappa shape index (κ3) is 15.8. The summed E-state index contributed by atoms with van der Waals surface area (Å²) in [6.45, 7) is 0. The van der Waals surface area contributed by atoms with Crippen molar-refractivity contribution in [2.24, 2.45) is 21.7 Å². The largest absolute Gasteiger partial charge is 0.357 e. The topological polar surface area (TPSA) is 111 Å². The number of nitrogens with zero attached hydrogens (tertiary/aromatic N) is 2. The van der Waals surface area contributed by atoms with Gasteiger partial charge < -0.3 is 11.5 Å². The Morgan fingerprint density at radius 2 is 1.20 bits per heavy atom. The highest BCUT2D eigenvalue weighted by molar-refractivity contribution is 7.59. The van der Waals surface area contributed by atoms with Gasteiger partial charge in [-0.25, -0.2) is 9.59 Å². The van der Waals surface area contributed by atoms with Crippen LogP contribution >= 0.6 is 13.5 Å². The number of hydrogen-bond acceptors (Lipinski definition) is 2. The Hall–Kier alpha value is -1.11. The van der Waals surface area contributed by atoms with Crippen LogP contribution in [-0.4, -0.2) is 12.1 Å². The Morgan fingerprint density at radius 3 is 1.30 bits per heavy atom. The molecule has 0 aliphatic rings. The number of carbonyl (C=O) groups excluding carboxylic acids is 2. The van der Waals surface area contributed by atoms with E-state index in [2.05, 4.69) is 21.7 Å². The van der Waals surface area contributed by atoms with E-state index in [1.165, 1.54) is 0 Å². The van der Waals surface area contributed by atoms with Crippen LogP contribution in [0.3, 0.4) is 0 Å². The molecule has 0 aliphatic heterocycles. The SMILES string of the molecule is C.NC(=O)N=NC(N)=O.S. The fourth-order valence-electron chi connectivity index (χ4n) is 0.0986. The van der Waals surface area contributed by atoms with Crippen LogP contribution in [0.5, 0.6) is 0 Å². The number of urea groups is 2. The molecule has 0 aromatic rings. The minimum atomic E-state index is -1.04. The number of hydrogen-bond donors (Lipinski definition) is 2. The first-order chi connectivity index (χ1) is 3.63. The van der Waals surface area contributed by atoms with Gasteiger partial charge >= 0.3 is 12.1 Å². The van der Waals surface area contributed by atoms with Gasteiger partial charge in [0.25, 0.3) is 0 Å². The fourth-order valence-corrected chi connectivity index (χ4v) is 0.0986. The van der Waals surface area contributed by atoms with Crippen molar-refractivity contribution in [1.29, 1.82) is 0 Å². The molecule has 0 unspecified atom stereocenters. The minimum Gasteiger partial charge on any atom is -0.348 e. The van der Waals surface area contributed by atoms with E-state index in [0.717, 1.165) is 0 Å². The smallest absolute Gasteiger partial charge is 0.348 e. The molecule has 0 fully saturated rings. The lowest BCUT2D eigenvalue weighted by atomic mass is 11.1. The summed E-state index contributed by atoms with van der Waals surface area (Å²) in [5, 5.41) is 5.23. The van der Waals surface area contributed by atoms with E-state index in [9.17, 15) is 9.59 Å². The number of carbonyl (C=O) groups is 2. The maximum atomic E-state index is 9.66. The standard InChI is InChI=1S/C2H4N4O2.CH4.H2S/c3-1(7)5-6-2(4)8;;/h(H2,3,7)(H2,4,8);1H4;1H2. The summed E-state index contributed by atoms with van der Waals surface area (Å²) in [6, 6.07) is -2.08. The quantitative estimate of drug-likeness (QED) is 0.506. The molecule has 0 rings (SSSR count). The van der Waals surface area contributed by atoms with Gasteiger partial charge in [0, 0.05) is 0 Å². The molecule has 0 heterocycles. The highest BCUT2D eigenvalue weighted by Gasteiger charge is 1.86. The Morgan fingerprint density at radius 1 is 1.00 bits per heavy atom. The maximum Gasteiger partial charge on any atom is 0.357 e. The van der Waals surface area contributed by atoms with E-state index in [1.54, 1.807) is 0 Å². The molecule has 0 aromatic heterocycles. The van der Waals surface area contributed by atoms with E-state index in [1.807, 2.05) is 0 Å². The molecule has 4 N–H and O–H groups in total. The van der Waals surface area contributed by atoms with Crippen molar-refractivity contribution < 1.29 is 9.59 Å². The van der Waals surface area contributed by atoms with Crippen LogP contribution in [0.4, 0.5) is 9.59 Å². The van der Waals surface area contributed by atoms with Gasteiger partial charge in [-0.1, -0.05) is 17.7 Å². The van der Waals surface area contributed by atoms with E-state index in [0.29, 0.717) is 0 Å². The van der Waals surface area contributed by atoms with Gasteiger partial charge in [0.05, 0.1) is 0 Å². The van der Waals surface area contributed by atoms with E-state index >= 15 is 0 Å². The summed E-state index contributed by atoms with van der Waals surface area (Å²) >= 11 is 0. The van der Waals surface area contributed by atoms with Crippen LogP contribution in [0.2, 0.25) is 0 Å². The molecule has 0 atom stereocenters. The average Bonchev–Trinajstić information content (AvgIpc) is 1.61. The highest BCUT2D eigenvalue weighted by Crippen LogP contribution is 1.72. The van der Waals surface area contributed by atoms with Crippen LogP contribution in [0.25, 0.3) is 0 Å². The predicted octanol–water partition coefficient (Wildman–Crippen LogP) is 0.345. The number of rotatable bonds is 0. The summed E-state index contributed by atoms with van der Waals surface area (Å²) in [5.41, 5.74) is 8.87. The molecule has 0 aliphatic carbocycles. The van der Waals surface area contributed by atoms with Crippen molar-refractivity contribution in [2.75, 3.05) is 0 Å². The zero-order valence-corrected chi connectivity index (χ0v) is 5.37. The predicted molar refractivity (Wildman–Crippen MR) is 41.1 cm³/mol. The molecule has 6 nitrogen and oxygen atoms in total. The first-order valence-electron chi connectivity index (χ1n) is 1.63. The van der Waals surface area contributed by atoms with E-state index in [-0.39, 0.29) is 20.9 Å². The summed E-state index contributed by atoms with van der Waals surface area (Å²) in [5.74, 6) is 0. The minimum absolute atomic E-state index is 0. The van der Waals surface area contributed by atoms with Crippen molar-refractivity contribution in [3.05, 3.63) is 0 Å². The van der Waals surface area contributed by atoms with Crippen LogP contribution in [0.1, 0.15) is 7.43 Å². The normalized spacial score (nSPS) is 7.60. The van der Waals surface area contributed by atoms with Crippen LogP contribution < -0.4 is 11.5 Å². The van der Waals surface area contributed by atoms with Crippen molar-refractivity contribution in [3.8, 4) is 0 Å². The average molecular weight is 166 g/mol. The molecule has 10 heavy (non-hydrogen) atoms. The van der Waals surface area contributed by atoms with Crippen LogP contribution in [0, 0.1) is 0 Å². The Bertz CT molecular complexity index is 129. The second-order valence-corrected chi connectivity index (χ2v) is 0.876.